The predicted octanol–water partition coefficient (Wildman–Crippen LogP) is 4.26. The molecule has 2 atom stereocenters. The van der Waals surface area contributed by atoms with Gasteiger partial charge < -0.3 is 19.1 Å². The van der Waals surface area contributed by atoms with Crippen LogP contribution in [-0.4, -0.2) is 48.1 Å². The van der Waals surface area contributed by atoms with E-state index in [2.05, 4.69) is 4.98 Å². The number of hydrogen-bond donors (Lipinski definition) is 0. The number of carbonyl (C=O) groups excluding carboxylic acids is 2. The fourth-order valence-electron chi connectivity index (χ4n) is 4.41. The van der Waals surface area contributed by atoms with E-state index in [1.165, 1.54) is 0 Å². The van der Waals surface area contributed by atoms with Crippen molar-refractivity contribution < 1.29 is 23.8 Å². The number of ether oxygens (including phenoxy) is 3. The number of amides is 1. The molecule has 1 aromatic heterocycles. The summed E-state index contributed by atoms with van der Waals surface area (Å²) in [5.74, 6) is -0.339. The first kappa shape index (κ1) is 23.3. The number of esters is 1. The molecule has 0 spiro atoms. The van der Waals surface area contributed by atoms with Crippen LogP contribution in [0.3, 0.4) is 0 Å². The molecule has 2 aliphatic rings. The molecular formula is C25H27ClN2O5. The number of aromatic nitrogens is 1. The van der Waals surface area contributed by atoms with Crippen LogP contribution in [-0.2, 0) is 25.7 Å². The van der Waals surface area contributed by atoms with Gasteiger partial charge in [-0.15, -0.1) is 0 Å². The van der Waals surface area contributed by atoms with Gasteiger partial charge in [-0.1, -0.05) is 35.9 Å². The third-order valence-corrected chi connectivity index (χ3v) is 6.38. The van der Waals surface area contributed by atoms with Gasteiger partial charge in [0.1, 0.15) is 17.5 Å². The summed E-state index contributed by atoms with van der Waals surface area (Å²) < 4.78 is 16.8. The number of allylic oxidation sites excluding steroid dienone is 1. The van der Waals surface area contributed by atoms with Crippen molar-refractivity contribution in [3.63, 3.8) is 0 Å². The Bertz CT molecular complexity index is 1050. The molecule has 8 heteroatoms. The fraction of sp³-hybridized carbons (Fsp3) is 0.400. The molecule has 4 rings (SSSR count). The van der Waals surface area contributed by atoms with Crippen LogP contribution in [0.25, 0.3) is 0 Å². The summed E-state index contributed by atoms with van der Waals surface area (Å²) in [4.78, 5) is 32.3. The minimum absolute atomic E-state index is 0.0245. The highest BCUT2D eigenvalue weighted by molar-refractivity contribution is 6.29. The molecule has 1 saturated heterocycles. The van der Waals surface area contributed by atoms with Crippen molar-refractivity contribution in [2.75, 3.05) is 20.3 Å². The van der Waals surface area contributed by atoms with Crippen LogP contribution in [0.2, 0.25) is 5.15 Å². The Hall–Kier alpha value is -2.90. The largest absolute Gasteiger partial charge is 0.496 e. The van der Waals surface area contributed by atoms with Crippen molar-refractivity contribution in [3.8, 4) is 5.75 Å². The minimum Gasteiger partial charge on any atom is -0.496 e. The summed E-state index contributed by atoms with van der Waals surface area (Å²) in [5, 5.41) is 0.349. The molecule has 2 aliphatic heterocycles. The van der Waals surface area contributed by atoms with E-state index in [9.17, 15) is 9.59 Å². The van der Waals surface area contributed by atoms with Crippen molar-refractivity contribution in [2.45, 2.75) is 44.8 Å². The summed E-state index contributed by atoms with van der Waals surface area (Å²) in [6.45, 7) is 2.98. The number of rotatable bonds is 7. The second kappa shape index (κ2) is 10.4. The van der Waals surface area contributed by atoms with Gasteiger partial charge in [0.05, 0.1) is 25.3 Å². The molecule has 0 bridgehead atoms. The van der Waals surface area contributed by atoms with Crippen LogP contribution in [0.5, 0.6) is 5.75 Å². The highest BCUT2D eigenvalue weighted by Crippen LogP contribution is 2.38. The lowest BCUT2D eigenvalue weighted by Gasteiger charge is -2.35. The second-order valence-electron chi connectivity index (χ2n) is 8.20. The predicted molar refractivity (Wildman–Crippen MR) is 123 cm³/mol. The Morgan fingerprint density at radius 1 is 1.27 bits per heavy atom. The summed E-state index contributed by atoms with van der Waals surface area (Å²) in [7, 11) is 1.58. The van der Waals surface area contributed by atoms with Gasteiger partial charge >= 0.3 is 5.97 Å². The monoisotopic (exact) mass is 470 g/mol. The Balaban J connectivity index is 1.64. The maximum Gasteiger partial charge on any atom is 0.336 e. The molecule has 33 heavy (non-hydrogen) atoms. The first-order valence-corrected chi connectivity index (χ1v) is 11.4. The molecule has 1 fully saturated rings. The summed E-state index contributed by atoms with van der Waals surface area (Å²) in [6, 6.07) is 10.8. The lowest BCUT2D eigenvalue weighted by Crippen LogP contribution is -2.42. The SMILES string of the molecule is COc1ccccc1COC(=O)C1=C(C)N(C[C@H]2CCCO2)C(=O)CC1c1ccc(Cl)nc1. The first-order chi connectivity index (χ1) is 16.0. The van der Waals surface area contributed by atoms with Gasteiger partial charge in [0.2, 0.25) is 5.91 Å². The molecule has 0 saturated carbocycles. The summed E-state index contributed by atoms with van der Waals surface area (Å²) in [5.41, 5.74) is 2.55. The molecule has 1 amide bonds. The van der Waals surface area contributed by atoms with Crippen LogP contribution in [0.1, 0.15) is 43.2 Å². The van der Waals surface area contributed by atoms with Gasteiger partial charge in [-0.3, -0.25) is 4.79 Å². The molecule has 0 radical (unpaired) electrons. The van der Waals surface area contributed by atoms with Gasteiger partial charge in [0.25, 0.3) is 0 Å². The van der Waals surface area contributed by atoms with Crippen molar-refractivity contribution >= 4 is 23.5 Å². The molecule has 174 valence electrons. The van der Waals surface area contributed by atoms with E-state index in [1.807, 2.05) is 24.3 Å². The van der Waals surface area contributed by atoms with E-state index in [4.69, 9.17) is 25.8 Å². The Morgan fingerprint density at radius 2 is 2.09 bits per heavy atom. The zero-order chi connectivity index (χ0) is 23.4. The summed E-state index contributed by atoms with van der Waals surface area (Å²) >= 11 is 5.96. The van der Waals surface area contributed by atoms with E-state index in [0.717, 1.165) is 24.0 Å². The summed E-state index contributed by atoms with van der Waals surface area (Å²) in [6.07, 6.45) is 3.60. The van der Waals surface area contributed by atoms with Crippen molar-refractivity contribution in [3.05, 3.63) is 70.1 Å². The average molecular weight is 471 g/mol. The molecular weight excluding hydrogens is 444 g/mol. The van der Waals surface area contributed by atoms with Crippen molar-refractivity contribution in [1.29, 1.82) is 0 Å². The van der Waals surface area contributed by atoms with Gasteiger partial charge in [-0.25, -0.2) is 9.78 Å². The second-order valence-corrected chi connectivity index (χ2v) is 8.58. The lowest BCUT2D eigenvalue weighted by atomic mass is 9.84. The molecule has 7 nitrogen and oxygen atoms in total. The molecule has 1 unspecified atom stereocenters. The standard InChI is InChI=1S/C25H27ClN2O5/c1-16-24(25(30)33-15-18-6-3-4-8-21(18)31-2)20(17-9-10-22(26)27-13-17)12-23(29)28(16)14-19-7-5-11-32-19/h3-4,6,8-10,13,19-20H,5,7,11-12,14-15H2,1-2H3/t19-,20?/m1/s1. The fourth-order valence-corrected chi connectivity index (χ4v) is 4.53. The number of pyridine rings is 1. The number of carbonyl (C=O) groups is 2. The van der Waals surface area contributed by atoms with E-state index in [0.29, 0.717) is 35.3 Å². The van der Waals surface area contributed by atoms with Crippen molar-refractivity contribution in [2.24, 2.45) is 0 Å². The minimum atomic E-state index is -0.469. The Labute approximate surface area is 198 Å². The third kappa shape index (κ3) is 5.20. The zero-order valence-electron chi connectivity index (χ0n) is 18.8. The molecule has 0 N–H and O–H groups in total. The Kier molecular flexibility index (Phi) is 7.30. The van der Waals surface area contributed by atoms with E-state index < -0.39 is 11.9 Å². The van der Waals surface area contributed by atoms with Gasteiger partial charge in [-0.05, 0) is 37.5 Å². The first-order valence-electron chi connectivity index (χ1n) is 11.0. The molecule has 0 aliphatic carbocycles. The maximum atomic E-state index is 13.4. The van der Waals surface area contributed by atoms with E-state index in [-0.39, 0.29) is 25.0 Å². The number of halogens is 1. The third-order valence-electron chi connectivity index (χ3n) is 6.16. The molecule has 3 heterocycles. The average Bonchev–Trinajstić information content (AvgIpc) is 3.34. The molecule has 1 aromatic carbocycles. The Morgan fingerprint density at radius 3 is 2.79 bits per heavy atom. The number of hydrogen-bond acceptors (Lipinski definition) is 6. The van der Waals surface area contributed by atoms with Crippen LogP contribution >= 0.6 is 11.6 Å². The van der Waals surface area contributed by atoms with Gasteiger partial charge in [0, 0.05) is 36.4 Å². The van der Waals surface area contributed by atoms with Gasteiger partial charge in [0.15, 0.2) is 0 Å². The van der Waals surface area contributed by atoms with Crippen LogP contribution in [0.15, 0.2) is 53.9 Å². The highest BCUT2D eigenvalue weighted by atomic mass is 35.5. The van der Waals surface area contributed by atoms with Crippen LogP contribution in [0.4, 0.5) is 0 Å². The zero-order valence-corrected chi connectivity index (χ0v) is 19.5. The van der Waals surface area contributed by atoms with Crippen molar-refractivity contribution in [1.82, 2.24) is 9.88 Å². The number of nitrogens with zero attached hydrogens (tertiary/aromatic N) is 2. The highest BCUT2D eigenvalue weighted by Gasteiger charge is 2.38. The topological polar surface area (TPSA) is 78.0 Å². The van der Waals surface area contributed by atoms with Gasteiger partial charge in [-0.2, -0.15) is 0 Å². The quantitative estimate of drug-likeness (QED) is 0.444. The van der Waals surface area contributed by atoms with E-state index >= 15 is 0 Å². The maximum absolute atomic E-state index is 13.4. The van der Waals surface area contributed by atoms with Crippen LogP contribution in [0, 0.1) is 0 Å². The number of para-hydroxylation sites is 1. The van der Waals surface area contributed by atoms with Crippen LogP contribution < -0.4 is 4.74 Å². The number of methoxy groups -OCH3 is 1. The smallest absolute Gasteiger partial charge is 0.336 e. The number of benzene rings is 1. The van der Waals surface area contributed by atoms with E-state index in [1.54, 1.807) is 37.3 Å². The normalized spacial score (nSPS) is 20.8. The molecule has 2 aromatic rings. The lowest BCUT2D eigenvalue weighted by molar-refractivity contribution is -0.141.